The van der Waals surface area contributed by atoms with E-state index in [1.807, 2.05) is 0 Å². The highest BCUT2D eigenvalue weighted by atomic mass is 16.1. The van der Waals surface area contributed by atoms with Gasteiger partial charge in [0.05, 0.1) is 0 Å². The summed E-state index contributed by atoms with van der Waals surface area (Å²) in [5.41, 5.74) is 8.09. The van der Waals surface area contributed by atoms with Crippen LogP contribution in [0.1, 0.15) is 211 Å². The molecule has 0 amide bonds. The lowest BCUT2D eigenvalue weighted by Crippen LogP contribution is -2.15. The molecule has 0 aliphatic heterocycles. The second-order valence-electron chi connectivity index (χ2n) is 35.7. The Labute approximate surface area is 519 Å². The Morgan fingerprint density at radius 1 is 0.159 bits per heavy atom. The quantitative estimate of drug-likeness (QED) is 0.142. The number of hydrogen-bond donors (Lipinski definition) is 0. The van der Waals surface area contributed by atoms with Crippen molar-refractivity contribution in [1.82, 2.24) is 0 Å². The molecular weight excluding hydrogens is 1060 g/mol. The van der Waals surface area contributed by atoms with E-state index in [4.69, 9.17) is 0 Å². The molecule has 0 saturated heterocycles. The zero-order valence-electron chi connectivity index (χ0n) is 57.1. The van der Waals surface area contributed by atoms with Crippen molar-refractivity contribution in [1.29, 1.82) is 0 Å². The lowest BCUT2D eigenvalue weighted by atomic mass is 9.82. The summed E-state index contributed by atoms with van der Waals surface area (Å²) in [6.45, 7) is 55.5. The molecule has 0 aromatic heterocycles. The molecule has 0 fully saturated rings. The Morgan fingerprint density at radius 2 is 0.273 bits per heavy atom. The Bertz CT molecular complexity index is 5010. The SMILES string of the molecule is CC(C)(C)c1cc2cc(C(C)(C)C)cc3c2c(c1)c1c2c(=O)c4c(c(=O)c2c2c5cc(C(C)(C)C)cc6cc(C(C)(C)C)cc(c65)c2c31)c1c2cc(C(C)(C)C)cc3cc(C(C)(C)C)cc(c32)c1c1c2cc(C(C)(C)C)cc3cc(C(C)(C)C)cc(c32)c41. The third kappa shape index (κ3) is 7.65. The summed E-state index contributed by atoms with van der Waals surface area (Å²) >= 11 is 0. The highest BCUT2D eigenvalue weighted by molar-refractivity contribution is 6.54. The molecule has 0 aliphatic rings. The van der Waals surface area contributed by atoms with E-state index in [0.717, 1.165) is 86.2 Å². The van der Waals surface area contributed by atoms with Gasteiger partial charge in [0, 0.05) is 43.1 Å². The predicted molar refractivity (Wildman–Crippen MR) is 390 cm³/mol. The fourth-order valence-electron chi connectivity index (χ4n) is 15.9. The number of benzene rings is 11. The van der Waals surface area contributed by atoms with Crippen LogP contribution in [-0.4, -0.2) is 0 Å². The van der Waals surface area contributed by atoms with Crippen molar-refractivity contribution >= 4 is 151 Å². The van der Waals surface area contributed by atoms with Gasteiger partial charge in [0.1, 0.15) is 0 Å². The standard InChI is InChI=1S/C86H88O2/c1-79(2,3)45-25-41-29-49(83(13,14)15)37-57-61(41)53(33-45)65-66-54-34-46(80(4,5)6)26-42-30-50(84(16,17)18)38-58(62(42)54)70(66)74-73(69(57)65)77(87)75-71-59-39-51(85(19,20)21)31-43-27-47(81(7,8)9)35-55(63(43)59)67(71)68-56-36-48(82(10,11)12)28-44-32-52(86(22,23)24)40-60(64(44)56)72(68)76(75)78(74)88/h25-40H,1-24H3. The van der Waals surface area contributed by atoms with Gasteiger partial charge in [-0.1, -0.05) is 215 Å². The van der Waals surface area contributed by atoms with Gasteiger partial charge in [0.15, 0.2) is 10.9 Å². The van der Waals surface area contributed by atoms with Crippen molar-refractivity contribution in [3.05, 3.63) is 162 Å². The van der Waals surface area contributed by atoms with Gasteiger partial charge in [-0.05, 0) is 244 Å². The second kappa shape index (κ2) is 16.9. The van der Waals surface area contributed by atoms with Gasteiger partial charge in [-0.3, -0.25) is 9.59 Å². The Balaban J connectivity index is 1.37. The molecule has 0 saturated carbocycles. The van der Waals surface area contributed by atoms with Crippen LogP contribution < -0.4 is 10.9 Å². The lowest BCUT2D eigenvalue weighted by molar-refractivity contribution is 0.589. The molecule has 0 unspecified atom stereocenters. The second-order valence-corrected chi connectivity index (χ2v) is 35.7. The van der Waals surface area contributed by atoms with Gasteiger partial charge in [0.2, 0.25) is 0 Å². The van der Waals surface area contributed by atoms with E-state index >= 15 is 9.59 Å². The van der Waals surface area contributed by atoms with Crippen molar-refractivity contribution in [2.45, 2.75) is 209 Å². The van der Waals surface area contributed by atoms with Crippen LogP contribution in [0.5, 0.6) is 0 Å². The predicted octanol–water partition coefficient (Wildman–Crippen LogP) is 24.1. The summed E-state index contributed by atoms with van der Waals surface area (Å²) in [6, 6.07) is 38.8. The molecule has 0 N–H and O–H groups in total. The molecule has 15 aromatic carbocycles. The lowest BCUT2D eigenvalue weighted by Gasteiger charge is -2.23. The van der Waals surface area contributed by atoms with Crippen molar-refractivity contribution in [2.75, 3.05) is 0 Å². The highest BCUT2D eigenvalue weighted by Gasteiger charge is 2.36. The minimum Gasteiger partial charge on any atom is -0.289 e. The van der Waals surface area contributed by atoms with E-state index < -0.39 is 0 Å². The molecule has 0 bridgehead atoms. The normalized spacial score (nSPS) is 14.5. The van der Waals surface area contributed by atoms with Gasteiger partial charge < -0.3 is 0 Å². The van der Waals surface area contributed by atoms with E-state index in [1.165, 1.54) is 87.6 Å². The number of fused-ring (bicyclic) bond motifs is 20. The van der Waals surface area contributed by atoms with E-state index in [0.29, 0.717) is 21.5 Å². The first-order valence-corrected chi connectivity index (χ1v) is 32.6. The van der Waals surface area contributed by atoms with Crippen LogP contribution in [0.25, 0.3) is 151 Å². The maximum Gasteiger partial charge on any atom is 0.195 e. The van der Waals surface area contributed by atoms with Crippen LogP contribution in [0.3, 0.4) is 0 Å². The van der Waals surface area contributed by atoms with Crippen molar-refractivity contribution in [2.24, 2.45) is 0 Å². The molecule has 88 heavy (non-hydrogen) atoms. The molecule has 0 aliphatic carbocycles. The van der Waals surface area contributed by atoms with E-state index in [2.05, 4.69) is 263 Å². The van der Waals surface area contributed by atoms with Gasteiger partial charge >= 0.3 is 0 Å². The summed E-state index contributed by atoms with van der Waals surface area (Å²) in [4.78, 5) is 36.5. The Kier molecular flexibility index (Phi) is 10.9. The minimum absolute atomic E-state index is 0.0526. The first kappa shape index (κ1) is 57.0. The first-order chi connectivity index (χ1) is 40.5. The molecule has 2 heteroatoms. The van der Waals surface area contributed by atoms with Crippen LogP contribution in [0.4, 0.5) is 0 Å². The van der Waals surface area contributed by atoms with Gasteiger partial charge in [0.25, 0.3) is 0 Å². The van der Waals surface area contributed by atoms with Crippen LogP contribution in [-0.2, 0) is 43.3 Å². The Morgan fingerprint density at radius 3 is 0.386 bits per heavy atom. The van der Waals surface area contributed by atoms with Crippen LogP contribution in [0.2, 0.25) is 0 Å². The molecule has 0 spiro atoms. The fraction of sp³-hybridized carbons (Fsp3) is 0.372. The molecular formula is C86H88O2. The van der Waals surface area contributed by atoms with Crippen molar-refractivity contribution in [3.8, 4) is 0 Å². The third-order valence-electron chi connectivity index (χ3n) is 21.2. The average molecular weight is 1150 g/mol. The molecule has 444 valence electrons. The summed E-state index contributed by atoms with van der Waals surface area (Å²) in [7, 11) is 0. The van der Waals surface area contributed by atoms with Gasteiger partial charge in [-0.25, -0.2) is 0 Å². The zero-order chi connectivity index (χ0) is 63.3. The summed E-state index contributed by atoms with van der Waals surface area (Å²) in [5.74, 6) is 0. The summed E-state index contributed by atoms with van der Waals surface area (Å²) < 4.78 is 0. The van der Waals surface area contributed by atoms with E-state index in [9.17, 15) is 0 Å². The smallest absolute Gasteiger partial charge is 0.195 e. The monoisotopic (exact) mass is 1150 g/mol. The molecule has 2 nitrogen and oxygen atoms in total. The van der Waals surface area contributed by atoms with E-state index in [1.54, 1.807) is 0 Å². The topological polar surface area (TPSA) is 34.1 Å². The summed E-state index contributed by atoms with van der Waals surface area (Å²) in [6.07, 6.45) is 0. The van der Waals surface area contributed by atoms with Crippen LogP contribution in [0, 0.1) is 0 Å². The van der Waals surface area contributed by atoms with Crippen LogP contribution >= 0.6 is 0 Å². The van der Waals surface area contributed by atoms with E-state index in [-0.39, 0.29) is 54.2 Å². The maximum absolute atomic E-state index is 18.2. The minimum atomic E-state index is -0.224. The zero-order valence-corrected chi connectivity index (χ0v) is 57.1. The molecule has 15 rings (SSSR count). The van der Waals surface area contributed by atoms with Crippen molar-refractivity contribution in [3.63, 3.8) is 0 Å². The average Bonchev–Trinajstić information content (AvgIpc) is 1.48. The largest absolute Gasteiger partial charge is 0.289 e. The highest BCUT2D eigenvalue weighted by Crippen LogP contribution is 2.57. The number of rotatable bonds is 0. The molecule has 0 heterocycles. The maximum atomic E-state index is 18.2. The first-order valence-electron chi connectivity index (χ1n) is 32.6. The molecule has 0 atom stereocenters. The molecule has 0 radical (unpaired) electrons. The summed E-state index contributed by atoms with van der Waals surface area (Å²) in [5, 5.41) is 28.5. The fourth-order valence-corrected chi connectivity index (χ4v) is 15.9. The van der Waals surface area contributed by atoms with Crippen LogP contribution in [0.15, 0.2) is 107 Å². The van der Waals surface area contributed by atoms with Crippen molar-refractivity contribution < 1.29 is 0 Å². The molecule has 15 aromatic rings. The van der Waals surface area contributed by atoms with Gasteiger partial charge in [-0.15, -0.1) is 0 Å². The number of hydrogen-bond acceptors (Lipinski definition) is 2. The Hall–Kier alpha value is -7.42. The third-order valence-corrected chi connectivity index (χ3v) is 21.2. The van der Waals surface area contributed by atoms with Gasteiger partial charge in [-0.2, -0.15) is 0 Å².